The Hall–Kier alpha value is -2.25. The number of anilines is 2. The number of carbonyl (C=O) groups excluding carboxylic acids is 1. The van der Waals surface area contributed by atoms with Crippen LogP contribution in [-0.4, -0.2) is 44.9 Å². The molecule has 2 aromatic carbocycles. The normalized spacial score (nSPS) is 15.8. The minimum absolute atomic E-state index is 0.0259. The third-order valence-electron chi connectivity index (χ3n) is 5.30. The number of hydrogen-bond donors (Lipinski definition) is 3. The van der Waals surface area contributed by atoms with Crippen LogP contribution in [-0.2, 0) is 14.8 Å². The van der Waals surface area contributed by atoms with Gasteiger partial charge in [-0.3, -0.25) is 4.79 Å². The molecular weight excluding hydrogens is 478 g/mol. The number of sulfonamides is 1. The molecule has 3 rings (SSSR count). The molecule has 1 aliphatic rings. The highest BCUT2D eigenvalue weighted by Gasteiger charge is 2.31. The van der Waals surface area contributed by atoms with Crippen LogP contribution in [0.1, 0.15) is 19.8 Å². The summed E-state index contributed by atoms with van der Waals surface area (Å²) in [5.74, 6) is -0.616. The van der Waals surface area contributed by atoms with Crippen molar-refractivity contribution in [2.24, 2.45) is 5.92 Å². The molecule has 1 heterocycles. The fraction of sp³-hybridized carbons (Fsp3) is 0.381. The van der Waals surface area contributed by atoms with Crippen LogP contribution in [0.4, 0.5) is 15.8 Å². The number of halogens is 3. The highest BCUT2D eigenvalue weighted by atomic mass is 35.5. The molecule has 11 heteroatoms. The molecule has 0 saturated carbocycles. The molecule has 172 valence electrons. The van der Waals surface area contributed by atoms with Gasteiger partial charge in [-0.25, -0.2) is 8.42 Å². The second kappa shape index (κ2) is 10.1. The molecule has 1 aliphatic heterocycles. The van der Waals surface area contributed by atoms with Gasteiger partial charge in [-0.15, -0.1) is 0 Å². The molecule has 0 aromatic heterocycles. The first-order chi connectivity index (χ1) is 15.1. The summed E-state index contributed by atoms with van der Waals surface area (Å²) >= 11 is 12.0. The summed E-state index contributed by atoms with van der Waals surface area (Å²) < 4.78 is 42.4. The first-order valence-electron chi connectivity index (χ1n) is 9.96. The van der Waals surface area contributed by atoms with Gasteiger partial charge in [-0.05, 0) is 49.1 Å². The van der Waals surface area contributed by atoms with Gasteiger partial charge < -0.3 is 16.0 Å². The number of benzene rings is 1. The zero-order valence-electron chi connectivity index (χ0n) is 17.3. The number of piperidine rings is 1. The number of nitrogens with one attached hydrogen (secondary N) is 2. The van der Waals surface area contributed by atoms with Gasteiger partial charge in [0.2, 0.25) is 15.9 Å². The van der Waals surface area contributed by atoms with Crippen LogP contribution in [0.25, 0.3) is 0 Å². The number of nitrogens with zero attached hydrogens (tertiary/aromatic N) is 1. The summed E-state index contributed by atoms with van der Waals surface area (Å²) in [6.45, 7) is 2.94. The maximum Gasteiger partial charge on any atom is 0.242 e. The first-order valence-corrected chi connectivity index (χ1v) is 12.2. The Morgan fingerprint density at radius 1 is 1.31 bits per heavy atom. The smallest absolute Gasteiger partial charge is 0.242 e. The van der Waals surface area contributed by atoms with Gasteiger partial charge in [0.25, 0.3) is 0 Å². The monoisotopic (exact) mass is 500 g/mol. The van der Waals surface area contributed by atoms with Crippen LogP contribution in [0, 0.1) is 23.9 Å². The molecule has 1 atom stereocenters. The van der Waals surface area contributed by atoms with Crippen LogP contribution in [0.15, 0.2) is 29.2 Å². The van der Waals surface area contributed by atoms with E-state index in [0.717, 1.165) is 25.0 Å². The zero-order valence-corrected chi connectivity index (χ0v) is 19.6. The molecule has 1 fully saturated rings. The first kappa shape index (κ1) is 24.4. The Kier molecular flexibility index (Phi) is 7.72. The molecule has 0 aliphatic carbocycles. The fourth-order valence-electron chi connectivity index (χ4n) is 3.32. The Balaban J connectivity index is 1.85. The zero-order chi connectivity index (χ0) is 23.5. The van der Waals surface area contributed by atoms with E-state index >= 15 is 0 Å². The van der Waals surface area contributed by atoms with Crippen molar-refractivity contribution in [3.8, 4) is 0 Å². The van der Waals surface area contributed by atoms with Gasteiger partial charge in [0.15, 0.2) is 5.82 Å². The van der Waals surface area contributed by atoms with Crippen molar-refractivity contribution in [3.63, 3.8) is 0 Å². The van der Waals surface area contributed by atoms with Crippen LogP contribution in [0.3, 0.4) is 0 Å². The molecule has 7 nitrogen and oxygen atoms in total. The molecular formula is C21H23Cl2FN4O3S. The number of hydrogen-bond acceptors (Lipinski definition) is 5. The summed E-state index contributed by atoms with van der Waals surface area (Å²) in [5.41, 5.74) is 5.82. The number of likely N-dealkylation sites (tertiary alicyclic amines) is 1. The van der Waals surface area contributed by atoms with Crippen molar-refractivity contribution in [2.45, 2.75) is 30.7 Å². The number of nitrogens with two attached hydrogens (primary N) is 1. The predicted octanol–water partition coefficient (Wildman–Crippen LogP) is 3.33. The van der Waals surface area contributed by atoms with Crippen molar-refractivity contribution in [3.05, 3.63) is 52.3 Å². The van der Waals surface area contributed by atoms with Crippen molar-refractivity contribution in [1.82, 2.24) is 9.62 Å². The lowest BCUT2D eigenvalue weighted by Gasteiger charge is -2.33. The summed E-state index contributed by atoms with van der Waals surface area (Å²) in [4.78, 5) is 14.6. The van der Waals surface area contributed by atoms with Gasteiger partial charge in [0.1, 0.15) is 6.04 Å². The number of nitrogen functional groups attached to an aromatic ring is 1. The van der Waals surface area contributed by atoms with Crippen molar-refractivity contribution >= 4 is 50.5 Å². The summed E-state index contributed by atoms with van der Waals surface area (Å²) in [7, 11) is -4.20. The van der Waals surface area contributed by atoms with Crippen LogP contribution < -0.4 is 15.8 Å². The Morgan fingerprint density at radius 2 is 1.94 bits per heavy atom. The molecule has 32 heavy (non-hydrogen) atoms. The SMILES string of the molecule is CC1CCN(C(=O)C(CNc2ccc#cc2F)NS(=O)(=O)c2cc(Cl)c(N)c(Cl)c2)CC1. The van der Waals surface area contributed by atoms with Gasteiger partial charge in [-0.1, -0.05) is 36.2 Å². The van der Waals surface area contributed by atoms with Crippen molar-refractivity contribution in [2.75, 3.05) is 30.7 Å². The minimum atomic E-state index is -4.20. The van der Waals surface area contributed by atoms with Crippen molar-refractivity contribution in [1.29, 1.82) is 0 Å². The maximum absolute atomic E-state index is 13.9. The predicted molar refractivity (Wildman–Crippen MR) is 123 cm³/mol. The van der Waals surface area contributed by atoms with Crippen LogP contribution in [0.5, 0.6) is 0 Å². The standard InChI is InChI=1S/C21H23Cl2FN4O3S/c1-13-6-8-28(9-7-13)21(29)19(12-26-18-5-3-2-4-17(18)24)27-32(30,31)14-10-15(22)20(25)16(23)11-14/h3,5,10-11,13,19,26-27H,6-9,12,25H2,1H3. The average molecular weight is 501 g/mol. The molecule has 0 radical (unpaired) electrons. The maximum atomic E-state index is 13.9. The molecule has 1 amide bonds. The Labute approximate surface area is 197 Å². The van der Waals surface area contributed by atoms with E-state index in [4.69, 9.17) is 28.9 Å². The van der Waals surface area contributed by atoms with E-state index in [9.17, 15) is 17.6 Å². The van der Waals surface area contributed by atoms with Gasteiger partial charge >= 0.3 is 0 Å². The van der Waals surface area contributed by atoms with Crippen molar-refractivity contribution < 1.29 is 17.6 Å². The van der Waals surface area contributed by atoms with Gasteiger partial charge in [0, 0.05) is 19.6 Å². The summed E-state index contributed by atoms with van der Waals surface area (Å²) in [5, 5.41) is 2.72. The lowest BCUT2D eigenvalue weighted by Crippen LogP contribution is -2.53. The second-order valence-corrected chi connectivity index (χ2v) is 10.2. The third-order valence-corrected chi connectivity index (χ3v) is 7.38. The fourth-order valence-corrected chi connectivity index (χ4v) is 5.18. The largest absolute Gasteiger partial charge is 0.396 e. The highest BCUT2D eigenvalue weighted by Crippen LogP contribution is 2.30. The molecule has 1 unspecified atom stereocenters. The van der Waals surface area contributed by atoms with E-state index in [1.165, 1.54) is 12.1 Å². The molecule has 2 aromatic rings. The van der Waals surface area contributed by atoms with E-state index in [0.29, 0.717) is 19.0 Å². The van der Waals surface area contributed by atoms with E-state index in [2.05, 4.69) is 29.1 Å². The van der Waals surface area contributed by atoms with Crippen LogP contribution >= 0.6 is 23.2 Å². The van der Waals surface area contributed by atoms with Crippen LogP contribution in [0.2, 0.25) is 10.0 Å². The molecule has 1 saturated heterocycles. The van der Waals surface area contributed by atoms with Gasteiger partial charge in [0.05, 0.1) is 26.3 Å². The van der Waals surface area contributed by atoms with E-state index in [1.54, 1.807) is 4.90 Å². The summed E-state index contributed by atoms with van der Waals surface area (Å²) in [6, 6.07) is 8.75. The molecule has 4 N–H and O–H groups in total. The van der Waals surface area contributed by atoms with Gasteiger partial charge in [-0.2, -0.15) is 9.11 Å². The van der Waals surface area contributed by atoms with E-state index in [-0.39, 0.29) is 32.9 Å². The second-order valence-electron chi connectivity index (χ2n) is 7.69. The average Bonchev–Trinajstić information content (AvgIpc) is 2.75. The lowest BCUT2D eigenvalue weighted by atomic mass is 9.99. The molecule has 0 spiro atoms. The highest BCUT2D eigenvalue weighted by molar-refractivity contribution is 7.89. The summed E-state index contributed by atoms with van der Waals surface area (Å²) in [6.07, 6.45) is 1.64. The van der Waals surface area contributed by atoms with E-state index < -0.39 is 27.8 Å². The number of carbonyl (C=O) groups is 1. The lowest BCUT2D eigenvalue weighted by molar-refractivity contribution is -0.134. The molecule has 0 bridgehead atoms. The van der Waals surface area contributed by atoms with E-state index in [1.807, 2.05) is 0 Å². The quantitative estimate of drug-likeness (QED) is 0.505. The topological polar surface area (TPSA) is 105 Å². The number of rotatable bonds is 7. The minimum Gasteiger partial charge on any atom is -0.396 e. The third kappa shape index (κ3) is 5.75. The Morgan fingerprint density at radius 3 is 2.53 bits per heavy atom. The Bertz CT molecular complexity index is 1070. The number of amides is 1.